The van der Waals surface area contributed by atoms with Crippen molar-refractivity contribution in [1.82, 2.24) is 4.90 Å². The van der Waals surface area contributed by atoms with Crippen LogP contribution in [0, 0.1) is 5.82 Å². The Hall–Kier alpha value is -3.32. The zero-order chi connectivity index (χ0) is 22.5. The van der Waals surface area contributed by atoms with Gasteiger partial charge in [-0.25, -0.2) is 4.39 Å². The van der Waals surface area contributed by atoms with E-state index >= 15 is 0 Å². The third kappa shape index (κ3) is 5.29. The fourth-order valence-electron chi connectivity index (χ4n) is 3.66. The van der Waals surface area contributed by atoms with Crippen molar-refractivity contribution in [3.05, 3.63) is 84.2 Å². The third-order valence-electron chi connectivity index (χ3n) is 5.27. The van der Waals surface area contributed by atoms with Crippen molar-refractivity contribution < 1.29 is 14.0 Å². The number of hydrogen-bond donors (Lipinski definition) is 1. The second-order valence-corrected chi connectivity index (χ2v) is 8.68. The van der Waals surface area contributed by atoms with Crippen molar-refractivity contribution in [2.75, 3.05) is 36.4 Å². The average Bonchev–Trinajstić information content (AvgIpc) is 2.81. The first-order valence-corrected chi connectivity index (χ1v) is 11.3. The zero-order valence-corrected chi connectivity index (χ0v) is 18.6. The van der Waals surface area contributed by atoms with E-state index in [2.05, 4.69) is 22.3 Å². The highest BCUT2D eigenvalue weighted by atomic mass is 32.2. The molecule has 0 atom stereocenters. The minimum atomic E-state index is -0.301. The number of para-hydroxylation sites is 1. The normalized spacial score (nSPS) is 13.7. The molecule has 1 fully saturated rings. The smallest absolute Gasteiger partial charge is 0.254 e. The molecule has 3 aromatic carbocycles. The average molecular weight is 450 g/mol. The molecule has 1 heterocycles. The molecule has 0 radical (unpaired) electrons. The highest BCUT2D eigenvalue weighted by Crippen LogP contribution is 2.34. The summed E-state index contributed by atoms with van der Waals surface area (Å²) in [5, 5.41) is 2.82. The van der Waals surface area contributed by atoms with Crippen LogP contribution in [0.4, 0.5) is 15.8 Å². The fraction of sp³-hybridized carbons (Fsp3) is 0.200. The highest BCUT2D eigenvalue weighted by molar-refractivity contribution is 7.99. The van der Waals surface area contributed by atoms with Gasteiger partial charge in [0.05, 0.1) is 5.69 Å². The summed E-state index contributed by atoms with van der Waals surface area (Å²) in [6.45, 7) is 4.24. The van der Waals surface area contributed by atoms with Crippen LogP contribution in [0.5, 0.6) is 0 Å². The summed E-state index contributed by atoms with van der Waals surface area (Å²) in [6, 6.07) is 21.7. The number of anilines is 2. The zero-order valence-electron chi connectivity index (χ0n) is 17.8. The number of nitrogens with one attached hydrogen (secondary N) is 1. The van der Waals surface area contributed by atoms with E-state index in [1.807, 2.05) is 29.2 Å². The molecule has 1 aliphatic rings. The van der Waals surface area contributed by atoms with Crippen LogP contribution in [0.1, 0.15) is 17.3 Å². The Morgan fingerprint density at radius 1 is 0.906 bits per heavy atom. The van der Waals surface area contributed by atoms with Gasteiger partial charge in [0.1, 0.15) is 5.82 Å². The van der Waals surface area contributed by atoms with E-state index < -0.39 is 0 Å². The summed E-state index contributed by atoms with van der Waals surface area (Å²) in [4.78, 5) is 30.6. The van der Waals surface area contributed by atoms with Gasteiger partial charge in [0.25, 0.3) is 5.91 Å². The molecule has 0 aromatic heterocycles. The van der Waals surface area contributed by atoms with Crippen LogP contribution >= 0.6 is 11.8 Å². The maximum Gasteiger partial charge on any atom is 0.254 e. The summed E-state index contributed by atoms with van der Waals surface area (Å²) < 4.78 is 13.2. The Labute approximate surface area is 191 Å². The summed E-state index contributed by atoms with van der Waals surface area (Å²) in [7, 11) is 0. The molecule has 7 heteroatoms. The van der Waals surface area contributed by atoms with E-state index in [1.165, 1.54) is 30.8 Å². The Balaban J connectivity index is 1.48. The predicted molar refractivity (Wildman–Crippen MR) is 126 cm³/mol. The number of piperazine rings is 1. The van der Waals surface area contributed by atoms with Gasteiger partial charge in [0, 0.05) is 54.1 Å². The summed E-state index contributed by atoms with van der Waals surface area (Å²) in [5.74, 6) is -0.570. The van der Waals surface area contributed by atoms with E-state index in [-0.39, 0.29) is 17.6 Å². The Morgan fingerprint density at radius 2 is 1.59 bits per heavy atom. The van der Waals surface area contributed by atoms with Gasteiger partial charge in [-0.3, -0.25) is 9.59 Å². The van der Waals surface area contributed by atoms with Gasteiger partial charge in [-0.05, 0) is 54.6 Å². The number of benzene rings is 3. The number of hydrogen-bond acceptors (Lipinski definition) is 4. The first-order valence-electron chi connectivity index (χ1n) is 10.4. The van der Waals surface area contributed by atoms with Crippen molar-refractivity contribution in [2.45, 2.75) is 16.7 Å². The number of halogens is 1. The maximum absolute atomic E-state index is 13.2. The van der Waals surface area contributed by atoms with Gasteiger partial charge in [-0.1, -0.05) is 30.0 Å². The van der Waals surface area contributed by atoms with Gasteiger partial charge in [0.2, 0.25) is 5.91 Å². The van der Waals surface area contributed by atoms with Crippen LogP contribution in [0.15, 0.2) is 82.6 Å². The molecular weight excluding hydrogens is 425 g/mol. The van der Waals surface area contributed by atoms with Gasteiger partial charge < -0.3 is 15.1 Å². The van der Waals surface area contributed by atoms with Gasteiger partial charge in [0.15, 0.2) is 0 Å². The lowest BCUT2D eigenvalue weighted by molar-refractivity contribution is -0.114. The first-order chi connectivity index (χ1) is 15.5. The van der Waals surface area contributed by atoms with E-state index in [1.54, 1.807) is 24.3 Å². The molecule has 5 nitrogen and oxygen atoms in total. The topological polar surface area (TPSA) is 52.7 Å². The van der Waals surface area contributed by atoms with Crippen molar-refractivity contribution in [2.24, 2.45) is 0 Å². The van der Waals surface area contributed by atoms with Gasteiger partial charge in [-0.15, -0.1) is 0 Å². The largest absolute Gasteiger partial charge is 0.368 e. The fourth-order valence-corrected chi connectivity index (χ4v) is 4.54. The minimum Gasteiger partial charge on any atom is -0.368 e. The lowest BCUT2D eigenvalue weighted by atomic mass is 10.1. The number of rotatable bonds is 5. The van der Waals surface area contributed by atoms with E-state index in [9.17, 15) is 14.0 Å². The molecule has 3 aromatic rings. The van der Waals surface area contributed by atoms with Gasteiger partial charge >= 0.3 is 0 Å². The van der Waals surface area contributed by atoms with Crippen LogP contribution < -0.4 is 10.2 Å². The van der Waals surface area contributed by atoms with Crippen LogP contribution in [0.2, 0.25) is 0 Å². The van der Waals surface area contributed by atoms with Crippen molar-refractivity contribution in [1.29, 1.82) is 0 Å². The minimum absolute atomic E-state index is 0.0531. The monoisotopic (exact) mass is 449 g/mol. The number of carbonyl (C=O) groups is 2. The van der Waals surface area contributed by atoms with Crippen LogP contribution in [-0.2, 0) is 4.79 Å². The van der Waals surface area contributed by atoms with E-state index in [0.29, 0.717) is 24.3 Å². The summed E-state index contributed by atoms with van der Waals surface area (Å²) in [6.07, 6.45) is 0. The summed E-state index contributed by atoms with van der Waals surface area (Å²) in [5.41, 5.74) is 2.26. The maximum atomic E-state index is 13.2. The molecule has 0 unspecified atom stereocenters. The number of amides is 2. The number of nitrogens with zero attached hydrogens (tertiary/aromatic N) is 2. The Morgan fingerprint density at radius 3 is 2.25 bits per heavy atom. The molecule has 164 valence electrons. The molecule has 32 heavy (non-hydrogen) atoms. The van der Waals surface area contributed by atoms with Crippen molar-refractivity contribution >= 4 is 35.0 Å². The Kier molecular flexibility index (Phi) is 6.75. The molecule has 1 saturated heterocycles. The van der Waals surface area contributed by atoms with Crippen LogP contribution in [0.25, 0.3) is 0 Å². The standard InChI is InChI=1S/C25H24FN3O2S/c1-18(30)27-23-17-19(7-12-24(23)32-22-10-8-20(26)9-11-22)25(31)29-15-13-28(14-16-29)21-5-3-2-4-6-21/h2-12,17H,13-16H2,1H3,(H,27,30). The molecule has 0 saturated carbocycles. The van der Waals surface area contributed by atoms with E-state index in [0.717, 1.165) is 28.6 Å². The molecule has 1 aliphatic heterocycles. The summed E-state index contributed by atoms with van der Waals surface area (Å²) >= 11 is 1.41. The first kappa shape index (κ1) is 21.9. The van der Waals surface area contributed by atoms with Crippen molar-refractivity contribution in [3.63, 3.8) is 0 Å². The lowest BCUT2D eigenvalue weighted by Gasteiger charge is -2.36. The molecule has 0 aliphatic carbocycles. The Bertz CT molecular complexity index is 1100. The quantitative estimate of drug-likeness (QED) is 0.602. The van der Waals surface area contributed by atoms with E-state index in [4.69, 9.17) is 0 Å². The lowest BCUT2D eigenvalue weighted by Crippen LogP contribution is -2.48. The highest BCUT2D eigenvalue weighted by Gasteiger charge is 2.23. The molecule has 0 bridgehead atoms. The number of carbonyl (C=O) groups excluding carboxylic acids is 2. The molecule has 2 amide bonds. The second-order valence-electron chi connectivity index (χ2n) is 7.56. The predicted octanol–water partition coefficient (Wildman–Crippen LogP) is 4.90. The van der Waals surface area contributed by atoms with Crippen LogP contribution in [-0.4, -0.2) is 42.9 Å². The third-order valence-corrected chi connectivity index (χ3v) is 6.35. The van der Waals surface area contributed by atoms with Crippen molar-refractivity contribution in [3.8, 4) is 0 Å². The molecular formula is C25H24FN3O2S. The van der Waals surface area contributed by atoms with Crippen LogP contribution in [0.3, 0.4) is 0 Å². The van der Waals surface area contributed by atoms with Gasteiger partial charge in [-0.2, -0.15) is 0 Å². The molecule has 4 rings (SSSR count). The SMILES string of the molecule is CC(=O)Nc1cc(C(=O)N2CCN(c3ccccc3)CC2)ccc1Sc1ccc(F)cc1. The second kappa shape index (κ2) is 9.87. The molecule has 1 N–H and O–H groups in total. The molecule has 0 spiro atoms.